The summed E-state index contributed by atoms with van der Waals surface area (Å²) in [5.74, 6) is 1.26. The van der Waals surface area contributed by atoms with Crippen LogP contribution in [0.15, 0.2) is 24.3 Å². The Morgan fingerprint density at radius 3 is 3.06 bits per heavy atom. The van der Waals surface area contributed by atoms with E-state index in [0.717, 1.165) is 42.1 Å². The summed E-state index contributed by atoms with van der Waals surface area (Å²) in [6, 6.07) is 8.13. The number of hydrogen-bond acceptors (Lipinski definition) is 4. The van der Waals surface area contributed by atoms with E-state index < -0.39 is 0 Å². The molecule has 0 spiro atoms. The first kappa shape index (κ1) is 11.0. The van der Waals surface area contributed by atoms with E-state index in [4.69, 9.17) is 10.5 Å². The molecule has 2 N–H and O–H groups in total. The van der Waals surface area contributed by atoms with Crippen molar-refractivity contribution in [2.75, 3.05) is 12.3 Å². The maximum Gasteiger partial charge on any atom is 0.220 e. The molecular weight excluding hydrogens is 226 g/mol. The second-order valence-electron chi connectivity index (χ2n) is 4.35. The average Bonchev–Trinajstić information content (AvgIpc) is 2.85. The molecule has 1 aliphatic heterocycles. The lowest BCUT2D eigenvalue weighted by Gasteiger charge is -2.09. The van der Waals surface area contributed by atoms with E-state index >= 15 is 0 Å². The van der Waals surface area contributed by atoms with Crippen molar-refractivity contribution in [2.45, 2.75) is 19.8 Å². The molecule has 2 heterocycles. The summed E-state index contributed by atoms with van der Waals surface area (Å²) in [6.45, 7) is 2.80. The molecule has 1 aliphatic rings. The van der Waals surface area contributed by atoms with E-state index in [2.05, 4.69) is 23.0 Å². The van der Waals surface area contributed by atoms with E-state index in [1.165, 1.54) is 5.56 Å². The van der Waals surface area contributed by atoms with Gasteiger partial charge in [0.25, 0.3) is 0 Å². The van der Waals surface area contributed by atoms with Gasteiger partial charge in [-0.2, -0.15) is 0 Å². The zero-order valence-electron chi connectivity index (χ0n) is 10.3. The topological polar surface area (TPSA) is 61.0 Å². The number of para-hydroxylation sites is 1. The number of nitrogen functional groups attached to an aromatic ring is 1. The second kappa shape index (κ2) is 4.29. The molecule has 18 heavy (non-hydrogen) atoms. The maximum absolute atomic E-state index is 5.75. The Kier molecular flexibility index (Phi) is 2.63. The highest BCUT2D eigenvalue weighted by atomic mass is 16.5. The molecule has 0 bridgehead atoms. The summed E-state index contributed by atoms with van der Waals surface area (Å²) in [4.78, 5) is 8.51. The summed E-state index contributed by atoms with van der Waals surface area (Å²) in [7, 11) is 0. The summed E-state index contributed by atoms with van der Waals surface area (Å²) >= 11 is 0. The van der Waals surface area contributed by atoms with E-state index in [1.807, 2.05) is 18.2 Å². The molecule has 0 unspecified atom stereocenters. The van der Waals surface area contributed by atoms with Gasteiger partial charge in [0.15, 0.2) is 0 Å². The number of aryl methyl sites for hydroxylation is 1. The predicted molar refractivity (Wildman–Crippen MR) is 70.5 cm³/mol. The smallest absolute Gasteiger partial charge is 0.220 e. The fourth-order valence-electron chi connectivity index (χ4n) is 2.25. The fraction of sp³-hybridized carbons (Fsp3) is 0.286. The molecule has 1 aromatic carbocycles. The fourth-order valence-corrected chi connectivity index (χ4v) is 2.25. The van der Waals surface area contributed by atoms with Crippen LogP contribution in [0.25, 0.3) is 11.3 Å². The molecule has 0 aliphatic carbocycles. The Labute approximate surface area is 106 Å². The van der Waals surface area contributed by atoms with Gasteiger partial charge in [-0.25, -0.2) is 9.97 Å². The van der Waals surface area contributed by atoms with Gasteiger partial charge in [0.05, 0.1) is 12.3 Å². The Balaban J connectivity index is 2.15. The summed E-state index contributed by atoms with van der Waals surface area (Å²) < 4.78 is 5.70. The molecule has 0 atom stereocenters. The number of fused-ring (bicyclic) bond motifs is 1. The van der Waals surface area contributed by atoms with Gasteiger partial charge in [-0.3, -0.25) is 0 Å². The highest BCUT2D eigenvalue weighted by Crippen LogP contribution is 2.36. The van der Waals surface area contributed by atoms with Crippen LogP contribution in [-0.2, 0) is 12.8 Å². The first-order valence-corrected chi connectivity index (χ1v) is 6.16. The van der Waals surface area contributed by atoms with Crippen LogP contribution in [0.3, 0.4) is 0 Å². The quantitative estimate of drug-likeness (QED) is 0.875. The summed E-state index contributed by atoms with van der Waals surface area (Å²) in [5.41, 5.74) is 9.80. The van der Waals surface area contributed by atoms with Crippen LogP contribution in [0.2, 0.25) is 0 Å². The molecule has 92 valence electrons. The molecule has 4 nitrogen and oxygen atoms in total. The van der Waals surface area contributed by atoms with Crippen LogP contribution in [0.5, 0.6) is 5.75 Å². The van der Waals surface area contributed by atoms with Crippen LogP contribution >= 0.6 is 0 Å². The van der Waals surface area contributed by atoms with Crippen molar-refractivity contribution in [2.24, 2.45) is 0 Å². The highest BCUT2D eigenvalue weighted by Gasteiger charge is 2.18. The zero-order chi connectivity index (χ0) is 12.5. The van der Waals surface area contributed by atoms with E-state index in [1.54, 1.807) is 0 Å². The monoisotopic (exact) mass is 241 g/mol. The number of nitrogens with zero attached hydrogens (tertiary/aromatic N) is 2. The molecule has 0 radical (unpaired) electrons. The van der Waals surface area contributed by atoms with Gasteiger partial charge in [0.1, 0.15) is 5.75 Å². The minimum atomic E-state index is 0.319. The van der Waals surface area contributed by atoms with Crippen molar-refractivity contribution >= 4 is 5.95 Å². The molecule has 0 saturated carbocycles. The average molecular weight is 241 g/mol. The van der Waals surface area contributed by atoms with E-state index in [0.29, 0.717) is 5.95 Å². The molecule has 0 amide bonds. The van der Waals surface area contributed by atoms with Crippen LogP contribution in [-0.4, -0.2) is 16.6 Å². The van der Waals surface area contributed by atoms with E-state index in [-0.39, 0.29) is 0 Å². The summed E-state index contributed by atoms with van der Waals surface area (Å²) in [5, 5.41) is 0. The summed E-state index contributed by atoms with van der Waals surface area (Å²) in [6.07, 6.45) is 1.81. The Bertz CT molecular complexity index is 596. The molecule has 3 rings (SSSR count). The minimum Gasteiger partial charge on any atom is -0.492 e. The lowest BCUT2D eigenvalue weighted by atomic mass is 10.0. The SMILES string of the molecule is CCc1cc(-c2cccc3c2OCC3)nc(N)n1. The predicted octanol–water partition coefficient (Wildman–Crippen LogP) is 2.22. The van der Waals surface area contributed by atoms with Crippen molar-refractivity contribution in [1.82, 2.24) is 9.97 Å². The Morgan fingerprint density at radius 1 is 1.33 bits per heavy atom. The van der Waals surface area contributed by atoms with E-state index in [9.17, 15) is 0 Å². The van der Waals surface area contributed by atoms with Crippen molar-refractivity contribution in [3.05, 3.63) is 35.5 Å². The normalized spacial score (nSPS) is 13.2. The number of anilines is 1. The van der Waals surface area contributed by atoms with Crippen molar-refractivity contribution in [3.8, 4) is 17.0 Å². The van der Waals surface area contributed by atoms with Gasteiger partial charge in [-0.15, -0.1) is 0 Å². The van der Waals surface area contributed by atoms with Gasteiger partial charge in [-0.1, -0.05) is 19.1 Å². The molecule has 0 saturated heterocycles. The number of nitrogens with two attached hydrogens (primary N) is 1. The largest absolute Gasteiger partial charge is 0.492 e. The minimum absolute atomic E-state index is 0.319. The first-order chi connectivity index (χ1) is 8.78. The first-order valence-electron chi connectivity index (χ1n) is 6.16. The lowest BCUT2D eigenvalue weighted by Crippen LogP contribution is -2.00. The zero-order valence-corrected chi connectivity index (χ0v) is 10.3. The number of rotatable bonds is 2. The third-order valence-electron chi connectivity index (χ3n) is 3.15. The number of benzene rings is 1. The number of aromatic nitrogens is 2. The van der Waals surface area contributed by atoms with Crippen LogP contribution in [0.4, 0.5) is 5.95 Å². The van der Waals surface area contributed by atoms with Crippen molar-refractivity contribution < 1.29 is 4.74 Å². The highest BCUT2D eigenvalue weighted by molar-refractivity contribution is 5.70. The number of ether oxygens (including phenoxy) is 1. The van der Waals surface area contributed by atoms with Gasteiger partial charge in [0, 0.05) is 17.7 Å². The molecular formula is C14H15N3O. The third-order valence-corrected chi connectivity index (χ3v) is 3.15. The second-order valence-corrected chi connectivity index (χ2v) is 4.35. The molecule has 2 aromatic rings. The van der Waals surface area contributed by atoms with Gasteiger partial charge >= 0.3 is 0 Å². The molecule has 1 aromatic heterocycles. The Morgan fingerprint density at radius 2 is 2.22 bits per heavy atom. The van der Waals surface area contributed by atoms with Gasteiger partial charge < -0.3 is 10.5 Å². The van der Waals surface area contributed by atoms with Gasteiger partial charge in [0.2, 0.25) is 5.95 Å². The third kappa shape index (κ3) is 1.79. The Hall–Kier alpha value is -2.10. The maximum atomic E-state index is 5.75. The molecule has 4 heteroatoms. The standard InChI is InChI=1S/C14H15N3O/c1-2-10-8-12(17-14(15)16-10)11-5-3-4-9-6-7-18-13(9)11/h3-5,8H,2,6-7H2,1H3,(H2,15,16,17). The van der Waals surface area contributed by atoms with Crippen molar-refractivity contribution in [1.29, 1.82) is 0 Å². The van der Waals surface area contributed by atoms with Crippen LogP contribution in [0, 0.1) is 0 Å². The van der Waals surface area contributed by atoms with Gasteiger partial charge in [-0.05, 0) is 24.1 Å². The van der Waals surface area contributed by atoms with Crippen LogP contribution < -0.4 is 10.5 Å². The lowest BCUT2D eigenvalue weighted by molar-refractivity contribution is 0.358. The number of hydrogen-bond donors (Lipinski definition) is 1. The molecule has 0 fully saturated rings. The van der Waals surface area contributed by atoms with Crippen molar-refractivity contribution in [3.63, 3.8) is 0 Å². The van der Waals surface area contributed by atoms with Crippen LogP contribution in [0.1, 0.15) is 18.2 Å².